The minimum atomic E-state index is -0.630. The molecule has 0 aromatic carbocycles. The predicted molar refractivity (Wildman–Crippen MR) is 81.9 cm³/mol. The van der Waals surface area contributed by atoms with Gasteiger partial charge >= 0.3 is 11.9 Å². The lowest BCUT2D eigenvalue weighted by molar-refractivity contribution is -0.230. The van der Waals surface area contributed by atoms with E-state index in [1.165, 1.54) is 0 Å². The van der Waals surface area contributed by atoms with Gasteiger partial charge in [0.15, 0.2) is 5.60 Å². The van der Waals surface area contributed by atoms with Gasteiger partial charge in [0.2, 0.25) is 0 Å². The molecule has 1 aliphatic heterocycles. The summed E-state index contributed by atoms with van der Waals surface area (Å²) < 4.78 is 11.9. The molecule has 4 fully saturated rings. The largest absolute Gasteiger partial charge is 0.458 e. The zero-order chi connectivity index (χ0) is 16.3. The molecular formula is C18H28O4. The number of ether oxygens (including phenoxy) is 2. The predicted octanol–water partition coefficient (Wildman–Crippen LogP) is 3.33. The van der Waals surface area contributed by atoms with Gasteiger partial charge in [0.05, 0.1) is 11.3 Å². The van der Waals surface area contributed by atoms with Gasteiger partial charge in [0, 0.05) is 11.8 Å². The highest BCUT2D eigenvalue weighted by Gasteiger charge is 2.68. The zero-order valence-electron chi connectivity index (χ0n) is 14.3. The van der Waals surface area contributed by atoms with Crippen LogP contribution in [-0.2, 0) is 19.1 Å². The first-order valence-electron chi connectivity index (χ1n) is 8.68. The Kier molecular flexibility index (Phi) is 3.57. The minimum absolute atomic E-state index is 0.0357. The van der Waals surface area contributed by atoms with Crippen molar-refractivity contribution in [3.05, 3.63) is 0 Å². The standard InChI is InChI=1S/C18H28O4/c1-6-17(4,5)16(20)22-18(10(2)3)11-7-8-12-13(9-11)15(19)21-14(12)18/h10-14H,6-9H2,1-5H3. The Bertz CT molecular complexity index is 495. The summed E-state index contributed by atoms with van der Waals surface area (Å²) in [6.07, 6.45) is 3.37. The second-order valence-corrected chi connectivity index (χ2v) is 8.27. The van der Waals surface area contributed by atoms with E-state index in [4.69, 9.17) is 9.47 Å². The summed E-state index contributed by atoms with van der Waals surface area (Å²) in [6, 6.07) is 0. The van der Waals surface area contributed by atoms with E-state index in [9.17, 15) is 9.59 Å². The Hall–Kier alpha value is -1.06. The average molecular weight is 308 g/mol. The van der Waals surface area contributed by atoms with Crippen molar-refractivity contribution in [2.45, 2.75) is 72.0 Å². The smallest absolute Gasteiger partial charge is 0.312 e. The van der Waals surface area contributed by atoms with Gasteiger partial charge in [-0.3, -0.25) is 9.59 Å². The van der Waals surface area contributed by atoms with E-state index in [1.54, 1.807) is 0 Å². The van der Waals surface area contributed by atoms with Crippen molar-refractivity contribution in [3.63, 3.8) is 0 Å². The fraction of sp³-hybridized carbons (Fsp3) is 0.889. The van der Waals surface area contributed by atoms with Crippen LogP contribution in [0.5, 0.6) is 0 Å². The third-order valence-corrected chi connectivity index (χ3v) is 6.53. The molecule has 0 aromatic rings. The van der Waals surface area contributed by atoms with Crippen LogP contribution >= 0.6 is 0 Å². The molecule has 4 aliphatic rings. The Morgan fingerprint density at radius 1 is 1.41 bits per heavy atom. The van der Waals surface area contributed by atoms with Crippen LogP contribution in [0.2, 0.25) is 0 Å². The summed E-state index contributed by atoms with van der Waals surface area (Å²) in [7, 11) is 0. The summed E-state index contributed by atoms with van der Waals surface area (Å²) in [5.74, 6) is 0.430. The van der Waals surface area contributed by atoms with Crippen molar-refractivity contribution in [2.75, 3.05) is 0 Å². The number of esters is 2. The van der Waals surface area contributed by atoms with Crippen molar-refractivity contribution in [3.8, 4) is 0 Å². The summed E-state index contributed by atoms with van der Waals surface area (Å²) in [4.78, 5) is 24.9. The van der Waals surface area contributed by atoms with E-state index in [-0.39, 0.29) is 41.7 Å². The van der Waals surface area contributed by atoms with Crippen LogP contribution in [0.4, 0.5) is 0 Å². The molecule has 4 bridgehead atoms. The molecule has 4 heteroatoms. The number of carbonyl (C=O) groups is 2. The molecule has 0 radical (unpaired) electrons. The fourth-order valence-electron chi connectivity index (χ4n) is 4.70. The van der Waals surface area contributed by atoms with Crippen molar-refractivity contribution >= 4 is 11.9 Å². The van der Waals surface area contributed by atoms with Gasteiger partial charge in [-0.05, 0) is 45.4 Å². The monoisotopic (exact) mass is 308 g/mol. The first-order valence-corrected chi connectivity index (χ1v) is 8.68. The molecule has 0 aromatic heterocycles. The van der Waals surface area contributed by atoms with Crippen molar-refractivity contribution < 1.29 is 19.1 Å². The van der Waals surface area contributed by atoms with Crippen LogP contribution < -0.4 is 0 Å². The van der Waals surface area contributed by atoms with Crippen LogP contribution in [0.1, 0.15) is 60.3 Å². The highest BCUT2D eigenvalue weighted by Crippen LogP contribution is 2.59. The first kappa shape index (κ1) is 15.8. The van der Waals surface area contributed by atoms with E-state index in [2.05, 4.69) is 13.8 Å². The van der Waals surface area contributed by atoms with E-state index >= 15 is 0 Å². The Morgan fingerprint density at radius 3 is 2.68 bits per heavy atom. The van der Waals surface area contributed by atoms with E-state index in [0.29, 0.717) is 0 Å². The summed E-state index contributed by atoms with van der Waals surface area (Å²) in [5.41, 5.74) is -1.13. The van der Waals surface area contributed by atoms with Crippen LogP contribution in [-0.4, -0.2) is 23.6 Å². The topological polar surface area (TPSA) is 52.6 Å². The third kappa shape index (κ3) is 1.95. The fourth-order valence-corrected chi connectivity index (χ4v) is 4.70. The molecule has 0 N–H and O–H groups in total. The Balaban J connectivity index is 1.96. The lowest BCUT2D eigenvalue weighted by atomic mass is 9.54. The highest BCUT2D eigenvalue weighted by atomic mass is 16.6. The van der Waals surface area contributed by atoms with Crippen LogP contribution in [0.25, 0.3) is 0 Å². The van der Waals surface area contributed by atoms with Gasteiger partial charge in [-0.1, -0.05) is 20.8 Å². The van der Waals surface area contributed by atoms with Crippen molar-refractivity contribution in [1.29, 1.82) is 0 Å². The SMILES string of the molecule is CCC(C)(C)C(=O)OC1(C(C)C)C2CCC3C(C2)C(=O)OC31. The van der Waals surface area contributed by atoms with Crippen LogP contribution in [0.3, 0.4) is 0 Å². The summed E-state index contributed by atoms with van der Waals surface area (Å²) in [6.45, 7) is 10.0. The second-order valence-electron chi connectivity index (χ2n) is 8.27. The van der Waals surface area contributed by atoms with Gasteiger partial charge in [-0.15, -0.1) is 0 Å². The lowest BCUT2D eigenvalue weighted by Gasteiger charge is -2.55. The molecule has 3 saturated carbocycles. The molecule has 0 spiro atoms. The third-order valence-electron chi connectivity index (χ3n) is 6.53. The summed E-state index contributed by atoms with van der Waals surface area (Å²) >= 11 is 0. The van der Waals surface area contributed by atoms with E-state index in [1.807, 2.05) is 20.8 Å². The maximum atomic E-state index is 12.7. The molecule has 4 nitrogen and oxygen atoms in total. The molecule has 22 heavy (non-hydrogen) atoms. The molecule has 0 amide bonds. The number of hydrogen-bond acceptors (Lipinski definition) is 4. The molecule has 5 atom stereocenters. The summed E-state index contributed by atoms with van der Waals surface area (Å²) in [5, 5.41) is 0. The molecular weight excluding hydrogens is 280 g/mol. The lowest BCUT2D eigenvalue weighted by Crippen LogP contribution is -2.64. The Morgan fingerprint density at radius 2 is 2.09 bits per heavy atom. The second kappa shape index (κ2) is 4.97. The first-order chi connectivity index (χ1) is 10.2. The maximum Gasteiger partial charge on any atom is 0.312 e. The zero-order valence-corrected chi connectivity index (χ0v) is 14.3. The van der Waals surface area contributed by atoms with Gasteiger partial charge in [-0.25, -0.2) is 0 Å². The van der Waals surface area contributed by atoms with Gasteiger partial charge < -0.3 is 9.47 Å². The van der Waals surface area contributed by atoms with Crippen LogP contribution in [0, 0.1) is 29.1 Å². The molecule has 3 aliphatic carbocycles. The quantitative estimate of drug-likeness (QED) is 0.748. The molecule has 4 rings (SSSR count). The molecule has 124 valence electrons. The van der Waals surface area contributed by atoms with Crippen LogP contribution in [0.15, 0.2) is 0 Å². The van der Waals surface area contributed by atoms with E-state index < -0.39 is 11.0 Å². The minimum Gasteiger partial charge on any atom is -0.458 e. The van der Waals surface area contributed by atoms with Crippen molar-refractivity contribution in [1.82, 2.24) is 0 Å². The Labute approximate surface area is 132 Å². The normalized spacial score (nSPS) is 40.0. The molecule has 1 heterocycles. The number of fused-ring (bicyclic) bond motifs is 1. The number of rotatable bonds is 4. The number of carbonyl (C=O) groups excluding carboxylic acids is 2. The van der Waals surface area contributed by atoms with Gasteiger partial charge in [0.1, 0.15) is 6.10 Å². The van der Waals surface area contributed by atoms with Gasteiger partial charge in [-0.2, -0.15) is 0 Å². The average Bonchev–Trinajstić information content (AvgIpc) is 2.76. The van der Waals surface area contributed by atoms with Gasteiger partial charge in [0.25, 0.3) is 0 Å². The van der Waals surface area contributed by atoms with Crippen molar-refractivity contribution in [2.24, 2.45) is 29.1 Å². The van der Waals surface area contributed by atoms with E-state index in [0.717, 1.165) is 25.7 Å². The highest BCUT2D eigenvalue weighted by molar-refractivity contribution is 5.78. The number of hydrogen-bond donors (Lipinski definition) is 0. The molecule has 5 unspecified atom stereocenters. The molecule has 1 saturated heterocycles. The maximum absolute atomic E-state index is 12.7.